The lowest BCUT2D eigenvalue weighted by atomic mass is 10.2. The fraction of sp³-hybridized carbons (Fsp3) is 0.462. The van der Waals surface area contributed by atoms with Gasteiger partial charge in [-0.3, -0.25) is 4.79 Å². The van der Waals surface area contributed by atoms with Gasteiger partial charge in [0.2, 0.25) is 0 Å². The maximum absolute atomic E-state index is 12.3. The fourth-order valence-corrected chi connectivity index (χ4v) is 1.92. The van der Waals surface area contributed by atoms with Crippen molar-refractivity contribution >= 4 is 11.7 Å². The Kier molecular flexibility index (Phi) is 4.46. The zero-order valence-electron chi connectivity index (χ0n) is 11.2. The summed E-state index contributed by atoms with van der Waals surface area (Å²) in [6.45, 7) is 7.53. The molecule has 1 aromatic heterocycles. The van der Waals surface area contributed by atoms with Gasteiger partial charge >= 0.3 is 0 Å². The lowest BCUT2D eigenvalue weighted by molar-refractivity contribution is 0.0658. The summed E-state index contributed by atoms with van der Waals surface area (Å²) in [5, 5.41) is 3.05. The first kappa shape index (κ1) is 13.5. The number of aromatic nitrogens is 2. The number of rotatable bonds is 4. The van der Waals surface area contributed by atoms with Gasteiger partial charge in [0.1, 0.15) is 17.8 Å². The molecule has 0 atom stereocenters. The first-order valence-corrected chi connectivity index (χ1v) is 6.35. The predicted molar refractivity (Wildman–Crippen MR) is 74.1 cm³/mol. The van der Waals surface area contributed by atoms with Gasteiger partial charge in [-0.2, -0.15) is 0 Å². The summed E-state index contributed by atoms with van der Waals surface area (Å²) in [4.78, 5) is 24.5. The van der Waals surface area contributed by atoms with Crippen LogP contribution < -0.4 is 5.32 Å². The van der Waals surface area contributed by atoms with Crippen LogP contribution in [0.5, 0.6) is 0 Å². The van der Waals surface area contributed by atoms with E-state index in [1.165, 1.54) is 6.33 Å². The van der Waals surface area contributed by atoms with E-state index in [4.69, 9.17) is 0 Å². The molecule has 0 bridgehead atoms. The molecule has 2 heterocycles. The number of hydrogen-bond acceptors (Lipinski definition) is 5. The van der Waals surface area contributed by atoms with Gasteiger partial charge in [-0.15, -0.1) is 6.58 Å². The van der Waals surface area contributed by atoms with E-state index in [0.29, 0.717) is 18.1 Å². The maximum atomic E-state index is 12.3. The smallest absolute Gasteiger partial charge is 0.272 e. The molecule has 1 aromatic rings. The summed E-state index contributed by atoms with van der Waals surface area (Å²) < 4.78 is 0. The Morgan fingerprint density at radius 2 is 2.16 bits per heavy atom. The Hall–Kier alpha value is -1.95. The molecule has 1 amide bonds. The van der Waals surface area contributed by atoms with Crippen LogP contribution in [-0.4, -0.2) is 65.4 Å². The van der Waals surface area contributed by atoms with Crippen LogP contribution in [0.25, 0.3) is 0 Å². The van der Waals surface area contributed by atoms with E-state index in [9.17, 15) is 4.79 Å². The van der Waals surface area contributed by atoms with Crippen molar-refractivity contribution in [2.45, 2.75) is 0 Å². The summed E-state index contributed by atoms with van der Waals surface area (Å²) in [6.07, 6.45) is 3.15. The molecule has 0 unspecified atom stereocenters. The zero-order valence-corrected chi connectivity index (χ0v) is 11.2. The minimum absolute atomic E-state index is 0.0304. The molecule has 1 saturated heterocycles. The van der Waals surface area contributed by atoms with Crippen LogP contribution in [0.15, 0.2) is 25.0 Å². The molecule has 1 N–H and O–H groups in total. The van der Waals surface area contributed by atoms with Crippen molar-refractivity contribution in [1.29, 1.82) is 0 Å². The second kappa shape index (κ2) is 6.29. The van der Waals surface area contributed by atoms with Gasteiger partial charge in [0.25, 0.3) is 5.91 Å². The van der Waals surface area contributed by atoms with Gasteiger partial charge in [0.15, 0.2) is 0 Å². The van der Waals surface area contributed by atoms with E-state index in [2.05, 4.69) is 33.8 Å². The number of hydrogen-bond donors (Lipinski definition) is 1. The molecular formula is C13H19N5O. The first-order valence-electron chi connectivity index (χ1n) is 6.35. The van der Waals surface area contributed by atoms with Crippen LogP contribution in [0.2, 0.25) is 0 Å². The first-order chi connectivity index (χ1) is 9.20. The third-order valence-electron chi connectivity index (χ3n) is 3.10. The Morgan fingerprint density at radius 3 is 2.84 bits per heavy atom. The Balaban J connectivity index is 2.04. The van der Waals surface area contributed by atoms with Crippen LogP contribution in [0, 0.1) is 0 Å². The third-order valence-corrected chi connectivity index (χ3v) is 3.10. The molecule has 6 heteroatoms. The number of carbonyl (C=O) groups is 1. The van der Waals surface area contributed by atoms with Crippen molar-refractivity contribution in [2.75, 3.05) is 45.1 Å². The molecule has 0 aliphatic carbocycles. The summed E-state index contributed by atoms with van der Waals surface area (Å²) in [5.41, 5.74) is 0.436. The molecule has 2 rings (SSSR count). The number of amides is 1. The third kappa shape index (κ3) is 3.51. The van der Waals surface area contributed by atoms with Gasteiger partial charge in [0, 0.05) is 38.8 Å². The molecule has 0 aromatic carbocycles. The monoisotopic (exact) mass is 261 g/mol. The standard InChI is InChI=1S/C13H19N5O/c1-3-4-14-12-9-11(15-10-16-12)13(19)18-7-5-17(2)6-8-18/h3,9-10H,1,4-8H2,2H3,(H,14,15,16). The van der Waals surface area contributed by atoms with Crippen molar-refractivity contribution in [3.8, 4) is 0 Å². The molecule has 0 radical (unpaired) electrons. The number of nitrogens with one attached hydrogen (secondary N) is 1. The highest BCUT2D eigenvalue weighted by Crippen LogP contribution is 2.09. The van der Waals surface area contributed by atoms with Crippen molar-refractivity contribution in [3.05, 3.63) is 30.7 Å². The van der Waals surface area contributed by atoms with Gasteiger partial charge in [-0.05, 0) is 7.05 Å². The van der Waals surface area contributed by atoms with E-state index in [1.54, 1.807) is 12.1 Å². The maximum Gasteiger partial charge on any atom is 0.272 e. The SMILES string of the molecule is C=CCNc1cc(C(=O)N2CCN(C)CC2)ncn1. The van der Waals surface area contributed by atoms with Crippen LogP contribution in [0.1, 0.15) is 10.5 Å². The fourth-order valence-electron chi connectivity index (χ4n) is 1.92. The minimum Gasteiger partial charge on any atom is -0.366 e. The van der Waals surface area contributed by atoms with Crippen LogP contribution >= 0.6 is 0 Å². The van der Waals surface area contributed by atoms with Gasteiger partial charge in [-0.1, -0.05) is 6.08 Å². The highest BCUT2D eigenvalue weighted by Gasteiger charge is 2.21. The molecule has 6 nitrogen and oxygen atoms in total. The average Bonchev–Trinajstić information content (AvgIpc) is 2.45. The van der Waals surface area contributed by atoms with E-state index in [1.807, 2.05) is 4.90 Å². The Morgan fingerprint density at radius 1 is 1.42 bits per heavy atom. The summed E-state index contributed by atoms with van der Waals surface area (Å²) in [7, 11) is 2.06. The van der Waals surface area contributed by atoms with Crippen molar-refractivity contribution in [2.24, 2.45) is 0 Å². The molecule has 19 heavy (non-hydrogen) atoms. The average molecular weight is 261 g/mol. The zero-order chi connectivity index (χ0) is 13.7. The predicted octanol–water partition coefficient (Wildman–Crippen LogP) is 0.462. The molecule has 1 aliphatic rings. The number of anilines is 1. The highest BCUT2D eigenvalue weighted by atomic mass is 16.2. The Bertz CT molecular complexity index is 454. The second-order valence-corrected chi connectivity index (χ2v) is 4.55. The lowest BCUT2D eigenvalue weighted by Crippen LogP contribution is -2.47. The van der Waals surface area contributed by atoms with E-state index >= 15 is 0 Å². The van der Waals surface area contributed by atoms with Crippen molar-refractivity contribution < 1.29 is 4.79 Å². The van der Waals surface area contributed by atoms with E-state index in [-0.39, 0.29) is 5.91 Å². The summed E-state index contributed by atoms with van der Waals surface area (Å²) in [6, 6.07) is 1.68. The number of piperazine rings is 1. The molecule has 0 spiro atoms. The van der Waals surface area contributed by atoms with Crippen molar-refractivity contribution in [3.63, 3.8) is 0 Å². The number of nitrogens with zero attached hydrogens (tertiary/aromatic N) is 4. The Labute approximate surface area is 113 Å². The molecule has 1 aliphatic heterocycles. The summed E-state index contributed by atoms with van der Waals surface area (Å²) >= 11 is 0. The number of carbonyl (C=O) groups excluding carboxylic acids is 1. The van der Waals surface area contributed by atoms with E-state index < -0.39 is 0 Å². The lowest BCUT2D eigenvalue weighted by Gasteiger charge is -2.32. The molecule has 1 fully saturated rings. The van der Waals surface area contributed by atoms with Gasteiger partial charge < -0.3 is 15.1 Å². The quantitative estimate of drug-likeness (QED) is 0.798. The van der Waals surface area contributed by atoms with E-state index in [0.717, 1.165) is 26.2 Å². The van der Waals surface area contributed by atoms with Gasteiger partial charge in [-0.25, -0.2) is 9.97 Å². The van der Waals surface area contributed by atoms with Crippen LogP contribution in [0.3, 0.4) is 0 Å². The largest absolute Gasteiger partial charge is 0.366 e. The van der Waals surface area contributed by atoms with Crippen LogP contribution in [0.4, 0.5) is 5.82 Å². The van der Waals surface area contributed by atoms with Crippen LogP contribution in [-0.2, 0) is 0 Å². The minimum atomic E-state index is -0.0304. The highest BCUT2D eigenvalue weighted by molar-refractivity contribution is 5.93. The summed E-state index contributed by atoms with van der Waals surface area (Å²) in [5.74, 6) is 0.615. The molecule has 0 saturated carbocycles. The topological polar surface area (TPSA) is 61.4 Å². The van der Waals surface area contributed by atoms with Crippen molar-refractivity contribution in [1.82, 2.24) is 19.8 Å². The molecular weight excluding hydrogens is 242 g/mol. The second-order valence-electron chi connectivity index (χ2n) is 4.55. The normalized spacial score (nSPS) is 16.2. The molecule has 102 valence electrons. The van der Waals surface area contributed by atoms with Gasteiger partial charge in [0.05, 0.1) is 0 Å². The number of likely N-dealkylation sites (N-methyl/N-ethyl adjacent to an activating group) is 1.